The van der Waals surface area contributed by atoms with Gasteiger partial charge in [0.25, 0.3) is 0 Å². The molecule has 3 rings (SSSR count). The molecule has 4 heteroatoms. The van der Waals surface area contributed by atoms with Crippen LogP contribution in [0.1, 0.15) is 25.0 Å². The third-order valence-corrected chi connectivity index (χ3v) is 6.54. The summed E-state index contributed by atoms with van der Waals surface area (Å²) in [4.78, 5) is 0.354. The van der Waals surface area contributed by atoms with Gasteiger partial charge in [-0.3, -0.25) is 0 Å². The number of allylic oxidation sites excluding steroid dienone is 2. The van der Waals surface area contributed by atoms with Gasteiger partial charge in [0.05, 0.1) is 4.90 Å². The van der Waals surface area contributed by atoms with Crippen LogP contribution in [0, 0.1) is 6.92 Å². The van der Waals surface area contributed by atoms with Crippen LogP contribution in [0.25, 0.3) is 5.57 Å². The molecule has 0 radical (unpaired) electrons. The van der Waals surface area contributed by atoms with Gasteiger partial charge in [-0.15, -0.1) is 0 Å². The van der Waals surface area contributed by atoms with Crippen molar-refractivity contribution in [2.24, 2.45) is 0 Å². The average molecular weight is 353 g/mol. The first-order valence-electron chi connectivity index (χ1n) is 8.41. The molecule has 0 spiro atoms. The summed E-state index contributed by atoms with van der Waals surface area (Å²) in [5, 5.41) is 0. The van der Waals surface area contributed by atoms with E-state index in [2.05, 4.69) is 19.1 Å². The molecule has 25 heavy (non-hydrogen) atoms. The van der Waals surface area contributed by atoms with Crippen molar-refractivity contribution < 1.29 is 8.42 Å². The first-order valence-corrected chi connectivity index (χ1v) is 9.85. The first kappa shape index (κ1) is 17.6. The highest BCUT2D eigenvalue weighted by molar-refractivity contribution is 7.89. The Morgan fingerprint density at radius 1 is 1.00 bits per heavy atom. The number of sulfonamides is 1. The Morgan fingerprint density at radius 3 is 2.24 bits per heavy atom. The molecule has 0 saturated carbocycles. The van der Waals surface area contributed by atoms with Crippen molar-refractivity contribution in [3.63, 3.8) is 0 Å². The molecular formula is C21H23NO2S. The molecule has 1 fully saturated rings. The van der Waals surface area contributed by atoms with Crippen molar-refractivity contribution in [2.75, 3.05) is 13.1 Å². The molecule has 0 aromatic heterocycles. The Labute approximate surface area is 150 Å². The zero-order valence-electron chi connectivity index (χ0n) is 14.9. The van der Waals surface area contributed by atoms with Gasteiger partial charge in [-0.2, -0.15) is 4.31 Å². The van der Waals surface area contributed by atoms with Gasteiger partial charge in [-0.05, 0) is 55.2 Å². The quantitative estimate of drug-likeness (QED) is 0.819. The smallest absolute Gasteiger partial charge is 0.207 e. The van der Waals surface area contributed by atoms with Gasteiger partial charge in [0.2, 0.25) is 10.0 Å². The van der Waals surface area contributed by atoms with Gasteiger partial charge in [0.1, 0.15) is 0 Å². The lowest BCUT2D eigenvalue weighted by atomic mass is 9.98. The monoisotopic (exact) mass is 353 g/mol. The molecule has 1 aliphatic heterocycles. The maximum Gasteiger partial charge on any atom is 0.243 e. The largest absolute Gasteiger partial charge is 0.243 e. The Bertz CT molecular complexity index is 924. The van der Waals surface area contributed by atoms with Crippen LogP contribution < -0.4 is 0 Å². The van der Waals surface area contributed by atoms with Crippen LogP contribution in [0.4, 0.5) is 0 Å². The SMILES string of the molecule is C/C=C1\CN(S(=O)(=O)c2ccc(C)cc2)C\C1=C(/C)c1ccccc1. The summed E-state index contributed by atoms with van der Waals surface area (Å²) in [6.45, 7) is 6.82. The van der Waals surface area contributed by atoms with Gasteiger partial charge in [-0.25, -0.2) is 8.42 Å². The summed E-state index contributed by atoms with van der Waals surface area (Å²) in [7, 11) is -3.49. The van der Waals surface area contributed by atoms with Crippen molar-refractivity contribution >= 4 is 15.6 Å². The molecule has 0 aliphatic carbocycles. The Hall–Kier alpha value is -2.17. The van der Waals surface area contributed by atoms with Gasteiger partial charge < -0.3 is 0 Å². The Morgan fingerprint density at radius 2 is 1.64 bits per heavy atom. The lowest BCUT2D eigenvalue weighted by Crippen LogP contribution is -2.28. The molecule has 0 atom stereocenters. The van der Waals surface area contributed by atoms with Gasteiger partial charge in [0, 0.05) is 13.1 Å². The summed E-state index contributed by atoms with van der Waals surface area (Å²) >= 11 is 0. The van der Waals surface area contributed by atoms with Crippen LogP contribution in [0.5, 0.6) is 0 Å². The van der Waals surface area contributed by atoms with E-state index in [1.807, 2.05) is 50.3 Å². The van der Waals surface area contributed by atoms with E-state index >= 15 is 0 Å². The van der Waals surface area contributed by atoms with Gasteiger partial charge in [0.15, 0.2) is 0 Å². The number of hydrogen-bond donors (Lipinski definition) is 0. The maximum absolute atomic E-state index is 13.0. The second-order valence-corrected chi connectivity index (χ2v) is 8.31. The summed E-state index contributed by atoms with van der Waals surface area (Å²) in [6.07, 6.45) is 2.02. The van der Waals surface area contributed by atoms with E-state index in [-0.39, 0.29) is 0 Å². The van der Waals surface area contributed by atoms with Crippen LogP contribution in [0.3, 0.4) is 0 Å². The average Bonchev–Trinajstić information content (AvgIpc) is 3.07. The summed E-state index contributed by atoms with van der Waals surface area (Å²) in [6, 6.07) is 17.2. The van der Waals surface area contributed by atoms with Gasteiger partial charge >= 0.3 is 0 Å². The van der Waals surface area contributed by atoms with E-state index in [1.165, 1.54) is 0 Å². The summed E-state index contributed by atoms with van der Waals surface area (Å²) in [5.74, 6) is 0. The molecule has 0 bridgehead atoms. The molecule has 0 amide bonds. The minimum Gasteiger partial charge on any atom is -0.207 e. The lowest BCUT2D eigenvalue weighted by molar-refractivity contribution is 0.489. The molecule has 1 aliphatic rings. The van der Waals surface area contributed by atoms with Crippen LogP contribution in [-0.2, 0) is 10.0 Å². The maximum atomic E-state index is 13.0. The van der Waals surface area contributed by atoms with Crippen molar-refractivity contribution in [1.82, 2.24) is 4.31 Å². The number of hydrogen-bond acceptors (Lipinski definition) is 2. The summed E-state index contributed by atoms with van der Waals surface area (Å²) in [5.41, 5.74) is 5.50. The molecule has 2 aromatic carbocycles. The molecule has 130 valence electrons. The number of aryl methyl sites for hydroxylation is 1. The zero-order valence-corrected chi connectivity index (χ0v) is 15.7. The molecule has 1 saturated heterocycles. The molecule has 1 heterocycles. The third-order valence-electron chi connectivity index (χ3n) is 4.74. The fourth-order valence-electron chi connectivity index (χ4n) is 3.14. The third kappa shape index (κ3) is 3.46. The number of rotatable bonds is 3. The standard InChI is InChI=1S/C21H23NO2S/c1-4-18-14-22(25(23,24)20-12-10-16(2)11-13-20)15-21(18)17(3)19-8-6-5-7-9-19/h4-13H,14-15H2,1-3H3/b18-4+,21-17-. The highest BCUT2D eigenvalue weighted by atomic mass is 32.2. The topological polar surface area (TPSA) is 37.4 Å². The zero-order chi connectivity index (χ0) is 18.0. The molecular weight excluding hydrogens is 330 g/mol. The van der Waals surface area contributed by atoms with E-state index < -0.39 is 10.0 Å². The highest BCUT2D eigenvalue weighted by Gasteiger charge is 2.33. The minimum absolute atomic E-state index is 0.354. The van der Waals surface area contributed by atoms with Crippen molar-refractivity contribution in [3.8, 4) is 0 Å². The fraction of sp³-hybridized carbons (Fsp3) is 0.238. The predicted octanol–water partition coefficient (Wildman–Crippen LogP) is 4.42. The van der Waals surface area contributed by atoms with E-state index in [0.29, 0.717) is 18.0 Å². The Kier molecular flexibility index (Phi) is 4.93. The second kappa shape index (κ2) is 6.98. The molecule has 2 aromatic rings. The normalized spacial score (nSPS) is 19.4. The molecule has 0 N–H and O–H groups in total. The summed E-state index contributed by atoms with van der Waals surface area (Å²) < 4.78 is 27.5. The van der Waals surface area contributed by atoms with Crippen molar-refractivity contribution in [1.29, 1.82) is 0 Å². The van der Waals surface area contributed by atoms with E-state index in [9.17, 15) is 8.42 Å². The highest BCUT2D eigenvalue weighted by Crippen LogP contribution is 2.33. The second-order valence-electron chi connectivity index (χ2n) is 6.37. The van der Waals surface area contributed by atoms with Crippen LogP contribution in [-0.4, -0.2) is 25.8 Å². The van der Waals surface area contributed by atoms with Crippen LogP contribution in [0.2, 0.25) is 0 Å². The molecule has 0 unspecified atom stereocenters. The Balaban J connectivity index is 1.98. The lowest BCUT2D eigenvalue weighted by Gasteiger charge is -2.15. The van der Waals surface area contributed by atoms with E-state index in [0.717, 1.165) is 27.8 Å². The van der Waals surface area contributed by atoms with Crippen molar-refractivity contribution in [3.05, 3.63) is 82.9 Å². The van der Waals surface area contributed by atoms with E-state index in [1.54, 1.807) is 16.4 Å². The first-order chi connectivity index (χ1) is 11.9. The molecule has 3 nitrogen and oxygen atoms in total. The van der Waals surface area contributed by atoms with Crippen LogP contribution in [0.15, 0.2) is 76.7 Å². The van der Waals surface area contributed by atoms with Gasteiger partial charge in [-0.1, -0.05) is 54.1 Å². The predicted molar refractivity (Wildman–Crippen MR) is 103 cm³/mol. The number of nitrogens with zero attached hydrogens (tertiary/aromatic N) is 1. The number of benzene rings is 2. The van der Waals surface area contributed by atoms with Crippen LogP contribution >= 0.6 is 0 Å². The van der Waals surface area contributed by atoms with Crippen molar-refractivity contribution in [2.45, 2.75) is 25.7 Å². The fourth-order valence-corrected chi connectivity index (χ4v) is 4.52. The van der Waals surface area contributed by atoms with E-state index in [4.69, 9.17) is 0 Å². The minimum atomic E-state index is -3.49.